The number of carbonyl (C=O) groups excluding carboxylic acids is 1. The Bertz CT molecular complexity index is 724. The fraction of sp³-hybridized carbons (Fsp3) is 0.118. The normalized spacial score (nSPS) is 13.9. The van der Waals surface area contributed by atoms with Crippen molar-refractivity contribution in [3.63, 3.8) is 0 Å². The van der Waals surface area contributed by atoms with E-state index >= 15 is 0 Å². The van der Waals surface area contributed by atoms with Gasteiger partial charge in [0.1, 0.15) is 5.76 Å². The summed E-state index contributed by atoms with van der Waals surface area (Å²) in [6.07, 6.45) is 0. The van der Waals surface area contributed by atoms with Gasteiger partial charge in [0.25, 0.3) is 0 Å². The summed E-state index contributed by atoms with van der Waals surface area (Å²) < 4.78 is 0. The molecule has 0 bridgehead atoms. The lowest BCUT2D eigenvalue weighted by Crippen LogP contribution is -2.01. The van der Waals surface area contributed by atoms with E-state index in [2.05, 4.69) is 0 Å². The van der Waals surface area contributed by atoms with E-state index in [1.165, 1.54) is 0 Å². The Morgan fingerprint density at radius 1 is 0.842 bits per heavy atom. The van der Waals surface area contributed by atoms with Crippen LogP contribution in [-0.2, 0) is 0 Å². The first kappa shape index (κ1) is 11.7. The van der Waals surface area contributed by atoms with E-state index in [1.54, 1.807) is 12.1 Å². The van der Waals surface area contributed by atoms with Gasteiger partial charge in [-0.3, -0.25) is 4.79 Å². The molecule has 0 aromatic heterocycles. The first-order valence-corrected chi connectivity index (χ1v) is 6.25. The summed E-state index contributed by atoms with van der Waals surface area (Å²) in [5.41, 5.74) is 4.59. The van der Waals surface area contributed by atoms with Crippen molar-refractivity contribution >= 4 is 17.1 Å². The smallest absolute Gasteiger partial charge is 0.198 e. The summed E-state index contributed by atoms with van der Waals surface area (Å²) in [6, 6.07) is 13.0. The van der Waals surface area contributed by atoms with E-state index < -0.39 is 0 Å². The molecule has 0 unspecified atom stereocenters. The second-order valence-electron chi connectivity index (χ2n) is 4.85. The van der Waals surface area contributed by atoms with Crippen LogP contribution in [0.5, 0.6) is 0 Å². The minimum atomic E-state index is -0.0956. The molecule has 3 rings (SSSR count). The third-order valence-corrected chi connectivity index (χ3v) is 3.76. The van der Waals surface area contributed by atoms with E-state index in [9.17, 15) is 9.90 Å². The van der Waals surface area contributed by atoms with Gasteiger partial charge >= 0.3 is 0 Å². The summed E-state index contributed by atoms with van der Waals surface area (Å²) >= 11 is 0. The predicted octanol–water partition coefficient (Wildman–Crippen LogP) is 3.93. The van der Waals surface area contributed by atoms with Crippen LogP contribution in [0.4, 0.5) is 0 Å². The number of fused-ring (bicyclic) bond motifs is 1. The van der Waals surface area contributed by atoms with Gasteiger partial charge in [-0.15, -0.1) is 0 Å². The van der Waals surface area contributed by atoms with E-state index in [-0.39, 0.29) is 11.5 Å². The van der Waals surface area contributed by atoms with Crippen molar-refractivity contribution in [3.8, 4) is 0 Å². The Morgan fingerprint density at radius 2 is 1.47 bits per heavy atom. The molecule has 2 aromatic rings. The third kappa shape index (κ3) is 1.60. The Balaban J connectivity index is 2.26. The second-order valence-corrected chi connectivity index (χ2v) is 4.85. The average molecular weight is 250 g/mol. The molecule has 2 heteroatoms. The molecule has 0 fully saturated rings. The molecule has 0 amide bonds. The second kappa shape index (κ2) is 4.09. The minimum absolute atomic E-state index is 0.0919. The van der Waals surface area contributed by atoms with Crippen LogP contribution in [0.25, 0.3) is 11.3 Å². The SMILES string of the molecule is Cc1cccc(C2=C(O)c3ccccc3C2=O)c1C. The fourth-order valence-corrected chi connectivity index (χ4v) is 2.54. The number of carbonyl (C=O) groups is 1. The first-order valence-electron chi connectivity index (χ1n) is 6.25. The monoisotopic (exact) mass is 250 g/mol. The van der Waals surface area contributed by atoms with Crippen molar-refractivity contribution in [1.29, 1.82) is 0 Å². The third-order valence-electron chi connectivity index (χ3n) is 3.76. The molecule has 0 spiro atoms. The zero-order valence-corrected chi connectivity index (χ0v) is 10.9. The van der Waals surface area contributed by atoms with Gasteiger partial charge in [0.2, 0.25) is 0 Å². The molecule has 0 saturated carbocycles. The molecule has 1 N–H and O–H groups in total. The quantitative estimate of drug-likeness (QED) is 0.832. The molecule has 0 atom stereocenters. The number of aliphatic hydroxyl groups is 1. The van der Waals surface area contributed by atoms with Gasteiger partial charge in [-0.1, -0.05) is 42.5 Å². The van der Waals surface area contributed by atoms with Crippen molar-refractivity contribution in [2.75, 3.05) is 0 Å². The van der Waals surface area contributed by atoms with Crippen molar-refractivity contribution in [2.45, 2.75) is 13.8 Å². The maximum Gasteiger partial charge on any atom is 0.198 e. The summed E-state index contributed by atoms with van der Waals surface area (Å²) in [6.45, 7) is 3.98. The molecule has 0 heterocycles. The molecule has 0 aliphatic heterocycles. The molecule has 2 nitrogen and oxygen atoms in total. The molecule has 2 aromatic carbocycles. The number of aryl methyl sites for hydroxylation is 1. The molecule has 1 aliphatic rings. The Labute approximate surface area is 112 Å². The van der Waals surface area contributed by atoms with Crippen LogP contribution in [0.3, 0.4) is 0 Å². The Morgan fingerprint density at radius 3 is 2.16 bits per heavy atom. The lowest BCUT2D eigenvalue weighted by atomic mass is 9.95. The number of aliphatic hydroxyl groups excluding tert-OH is 1. The van der Waals surface area contributed by atoms with E-state index in [0.29, 0.717) is 16.7 Å². The largest absolute Gasteiger partial charge is 0.507 e. The van der Waals surface area contributed by atoms with E-state index in [1.807, 2.05) is 44.2 Å². The highest BCUT2D eigenvalue weighted by molar-refractivity contribution is 6.39. The number of hydrogen-bond donors (Lipinski definition) is 1. The van der Waals surface area contributed by atoms with Crippen molar-refractivity contribution < 1.29 is 9.90 Å². The van der Waals surface area contributed by atoms with Crippen LogP contribution < -0.4 is 0 Å². The minimum Gasteiger partial charge on any atom is -0.507 e. The summed E-state index contributed by atoms with van der Waals surface area (Å²) in [4.78, 5) is 12.5. The van der Waals surface area contributed by atoms with Crippen LogP contribution >= 0.6 is 0 Å². The summed E-state index contributed by atoms with van der Waals surface area (Å²) in [5, 5.41) is 10.3. The number of ketones is 1. The Kier molecular flexibility index (Phi) is 2.53. The molecule has 1 aliphatic carbocycles. The van der Waals surface area contributed by atoms with Crippen LogP contribution in [0.15, 0.2) is 42.5 Å². The predicted molar refractivity (Wildman–Crippen MR) is 76.1 cm³/mol. The van der Waals surface area contributed by atoms with Crippen LogP contribution in [0.1, 0.15) is 32.6 Å². The van der Waals surface area contributed by atoms with Crippen LogP contribution in [0.2, 0.25) is 0 Å². The van der Waals surface area contributed by atoms with Gasteiger partial charge in [0.15, 0.2) is 5.78 Å². The topological polar surface area (TPSA) is 37.3 Å². The molecule has 94 valence electrons. The van der Waals surface area contributed by atoms with Gasteiger partial charge in [-0.25, -0.2) is 0 Å². The number of rotatable bonds is 1. The number of hydrogen-bond acceptors (Lipinski definition) is 2. The van der Waals surface area contributed by atoms with E-state index in [0.717, 1.165) is 16.7 Å². The van der Waals surface area contributed by atoms with E-state index in [4.69, 9.17) is 0 Å². The lowest BCUT2D eigenvalue weighted by molar-refractivity contribution is 0.105. The lowest BCUT2D eigenvalue weighted by Gasteiger charge is -2.09. The highest BCUT2D eigenvalue weighted by Crippen LogP contribution is 2.38. The van der Waals surface area contributed by atoms with Gasteiger partial charge in [0, 0.05) is 11.1 Å². The number of allylic oxidation sites excluding steroid dienone is 1. The Hall–Kier alpha value is -2.35. The summed E-state index contributed by atoms with van der Waals surface area (Å²) in [7, 11) is 0. The number of Topliss-reactive ketones (excluding diaryl/α,β-unsaturated/α-hetero) is 1. The first-order chi connectivity index (χ1) is 9.11. The standard InChI is InChI=1S/C17H14O2/c1-10-6-5-9-12(11(10)2)15-16(18)13-7-3-4-8-14(13)17(15)19/h3-9,18H,1-2H3. The van der Waals surface area contributed by atoms with Crippen molar-refractivity contribution in [1.82, 2.24) is 0 Å². The van der Waals surface area contributed by atoms with Gasteiger partial charge in [-0.05, 0) is 30.5 Å². The highest BCUT2D eigenvalue weighted by atomic mass is 16.3. The molecular formula is C17H14O2. The molecule has 0 saturated heterocycles. The molecule has 0 radical (unpaired) electrons. The highest BCUT2D eigenvalue weighted by Gasteiger charge is 2.30. The summed E-state index contributed by atoms with van der Waals surface area (Å²) in [5.74, 6) is -0.00361. The van der Waals surface area contributed by atoms with Crippen molar-refractivity contribution in [2.24, 2.45) is 0 Å². The number of benzene rings is 2. The van der Waals surface area contributed by atoms with Gasteiger partial charge in [-0.2, -0.15) is 0 Å². The van der Waals surface area contributed by atoms with Crippen LogP contribution in [-0.4, -0.2) is 10.9 Å². The zero-order chi connectivity index (χ0) is 13.6. The molecular weight excluding hydrogens is 236 g/mol. The van der Waals surface area contributed by atoms with Gasteiger partial charge in [0.05, 0.1) is 5.57 Å². The van der Waals surface area contributed by atoms with Gasteiger partial charge < -0.3 is 5.11 Å². The van der Waals surface area contributed by atoms with Crippen molar-refractivity contribution in [3.05, 3.63) is 70.3 Å². The average Bonchev–Trinajstić information content (AvgIpc) is 2.67. The maximum absolute atomic E-state index is 12.5. The maximum atomic E-state index is 12.5. The van der Waals surface area contributed by atoms with Crippen LogP contribution in [0, 0.1) is 13.8 Å². The zero-order valence-electron chi connectivity index (χ0n) is 10.9. The molecule has 19 heavy (non-hydrogen) atoms. The fourth-order valence-electron chi connectivity index (χ4n) is 2.54.